The van der Waals surface area contributed by atoms with E-state index >= 15 is 0 Å². The van der Waals surface area contributed by atoms with E-state index < -0.39 is 11.9 Å². The van der Waals surface area contributed by atoms with E-state index in [0.717, 1.165) is 41.5 Å². The molecule has 178 valence electrons. The Hall–Kier alpha value is -3.40. The zero-order valence-corrected chi connectivity index (χ0v) is 20.7. The Morgan fingerprint density at radius 3 is 1.71 bits per heavy atom. The molecule has 0 unspecified atom stereocenters. The number of carbonyl (C=O) groups is 2. The summed E-state index contributed by atoms with van der Waals surface area (Å²) in [5, 5.41) is 20.1. The van der Waals surface area contributed by atoms with E-state index in [1.54, 1.807) is 24.3 Å². The van der Waals surface area contributed by atoms with E-state index in [0.29, 0.717) is 17.0 Å². The van der Waals surface area contributed by atoms with Crippen molar-refractivity contribution >= 4 is 11.9 Å². The maximum Gasteiger partial charge on any atom is 0.336 e. The van der Waals surface area contributed by atoms with Gasteiger partial charge in [-0.3, -0.25) is 0 Å². The van der Waals surface area contributed by atoms with Crippen molar-refractivity contribution in [2.24, 2.45) is 5.92 Å². The molecule has 0 aliphatic rings. The van der Waals surface area contributed by atoms with E-state index in [1.807, 2.05) is 24.3 Å². The second kappa shape index (κ2) is 10.7. The highest BCUT2D eigenvalue weighted by Gasteiger charge is 2.27. The number of carboxylic acids is 2. The van der Waals surface area contributed by atoms with Gasteiger partial charge in [0.1, 0.15) is 0 Å². The molecular weight excluding hydrogens is 424 g/mol. The van der Waals surface area contributed by atoms with Crippen molar-refractivity contribution in [3.8, 4) is 22.3 Å². The molecule has 0 atom stereocenters. The van der Waals surface area contributed by atoms with Crippen LogP contribution in [-0.4, -0.2) is 22.2 Å². The minimum atomic E-state index is -0.993. The van der Waals surface area contributed by atoms with Gasteiger partial charge in [0.05, 0.1) is 11.1 Å². The first-order valence-electron chi connectivity index (χ1n) is 12.0. The smallest absolute Gasteiger partial charge is 0.336 e. The Balaban J connectivity index is 2.61. The molecule has 4 heteroatoms. The quantitative estimate of drug-likeness (QED) is 0.345. The van der Waals surface area contributed by atoms with Gasteiger partial charge in [-0.2, -0.15) is 0 Å². The zero-order valence-electron chi connectivity index (χ0n) is 20.7. The molecule has 34 heavy (non-hydrogen) atoms. The number of benzene rings is 3. The Bertz CT molecular complexity index is 1200. The molecule has 0 radical (unpaired) electrons. The van der Waals surface area contributed by atoms with Crippen LogP contribution in [0.1, 0.15) is 84.4 Å². The highest BCUT2D eigenvalue weighted by atomic mass is 16.4. The maximum atomic E-state index is 12.3. The van der Waals surface area contributed by atoms with Crippen LogP contribution in [0.5, 0.6) is 0 Å². The molecule has 3 aromatic carbocycles. The first-order valence-corrected chi connectivity index (χ1v) is 12.0. The minimum absolute atomic E-state index is 0.122. The van der Waals surface area contributed by atoms with Crippen LogP contribution in [0, 0.1) is 5.92 Å². The molecule has 2 N–H and O–H groups in total. The standard InChI is InChI=1S/C30H34O4/c1-6-11-20-17-21(16-18(2)3)26(19(4)5)28(23-13-8-10-15-25(23)30(33)34)27(20)22-12-7-9-14-24(22)29(31)32/h7-10,12-15,17-19H,6,11,16H2,1-5H3,(H,31,32)(H,33,34). The third-order valence-electron chi connectivity index (χ3n) is 6.11. The fraction of sp³-hybridized carbons (Fsp3) is 0.333. The maximum absolute atomic E-state index is 12.3. The molecule has 0 saturated heterocycles. The number of hydrogen-bond acceptors (Lipinski definition) is 2. The fourth-order valence-corrected chi connectivity index (χ4v) is 4.91. The van der Waals surface area contributed by atoms with E-state index in [1.165, 1.54) is 5.56 Å². The van der Waals surface area contributed by atoms with Gasteiger partial charge < -0.3 is 10.2 Å². The van der Waals surface area contributed by atoms with Crippen LogP contribution in [-0.2, 0) is 12.8 Å². The molecule has 0 saturated carbocycles. The number of aromatic carboxylic acids is 2. The predicted octanol–water partition coefficient (Wildman–Crippen LogP) is 7.69. The van der Waals surface area contributed by atoms with Crippen molar-refractivity contribution in [3.05, 3.63) is 82.4 Å². The summed E-state index contributed by atoms with van der Waals surface area (Å²) < 4.78 is 0. The van der Waals surface area contributed by atoms with Gasteiger partial charge in [0, 0.05) is 0 Å². The molecule has 3 aromatic rings. The predicted molar refractivity (Wildman–Crippen MR) is 138 cm³/mol. The Morgan fingerprint density at radius 1 is 0.765 bits per heavy atom. The molecule has 0 aromatic heterocycles. The third kappa shape index (κ3) is 5.06. The van der Waals surface area contributed by atoms with Crippen molar-refractivity contribution in [1.82, 2.24) is 0 Å². The van der Waals surface area contributed by atoms with Gasteiger partial charge in [-0.05, 0) is 75.8 Å². The first kappa shape index (κ1) is 25.2. The third-order valence-corrected chi connectivity index (χ3v) is 6.11. The van der Waals surface area contributed by atoms with Gasteiger partial charge in [0.15, 0.2) is 0 Å². The molecule has 3 rings (SSSR count). The number of rotatable bonds is 9. The minimum Gasteiger partial charge on any atom is -0.478 e. The molecule has 0 amide bonds. The van der Waals surface area contributed by atoms with Crippen molar-refractivity contribution in [2.75, 3.05) is 0 Å². The summed E-state index contributed by atoms with van der Waals surface area (Å²) in [6.45, 7) is 10.7. The van der Waals surface area contributed by atoms with Gasteiger partial charge in [-0.15, -0.1) is 0 Å². The highest BCUT2D eigenvalue weighted by molar-refractivity contribution is 6.04. The number of aryl methyl sites for hydroxylation is 1. The summed E-state index contributed by atoms with van der Waals surface area (Å²) in [5.74, 6) is -1.44. The average Bonchev–Trinajstić information content (AvgIpc) is 2.78. The Morgan fingerprint density at radius 2 is 1.26 bits per heavy atom. The van der Waals surface area contributed by atoms with E-state index in [4.69, 9.17) is 0 Å². The van der Waals surface area contributed by atoms with Crippen LogP contribution in [0.3, 0.4) is 0 Å². The Labute approximate surface area is 202 Å². The van der Waals surface area contributed by atoms with Crippen LogP contribution < -0.4 is 0 Å². The SMILES string of the molecule is CCCc1cc(CC(C)C)c(C(C)C)c(-c2ccccc2C(=O)O)c1-c1ccccc1C(=O)O. The molecule has 0 aliphatic carbocycles. The normalized spacial score (nSPS) is 11.3. The van der Waals surface area contributed by atoms with Crippen molar-refractivity contribution in [2.45, 2.75) is 59.8 Å². The summed E-state index contributed by atoms with van der Waals surface area (Å²) in [4.78, 5) is 24.5. The topological polar surface area (TPSA) is 74.6 Å². The average molecular weight is 459 g/mol. The molecule has 0 heterocycles. The highest BCUT2D eigenvalue weighted by Crippen LogP contribution is 2.45. The van der Waals surface area contributed by atoms with Crippen LogP contribution in [0.4, 0.5) is 0 Å². The lowest BCUT2D eigenvalue weighted by Gasteiger charge is -2.27. The van der Waals surface area contributed by atoms with Crippen molar-refractivity contribution in [3.63, 3.8) is 0 Å². The van der Waals surface area contributed by atoms with Gasteiger partial charge >= 0.3 is 11.9 Å². The van der Waals surface area contributed by atoms with Crippen LogP contribution in [0.15, 0.2) is 54.6 Å². The summed E-state index contributed by atoms with van der Waals surface area (Å²) in [5.41, 5.74) is 6.77. The molecule has 4 nitrogen and oxygen atoms in total. The van der Waals surface area contributed by atoms with Crippen LogP contribution in [0.2, 0.25) is 0 Å². The van der Waals surface area contributed by atoms with Gasteiger partial charge in [-0.25, -0.2) is 9.59 Å². The monoisotopic (exact) mass is 458 g/mol. The van der Waals surface area contributed by atoms with Crippen molar-refractivity contribution < 1.29 is 19.8 Å². The summed E-state index contributed by atoms with van der Waals surface area (Å²) in [7, 11) is 0. The lowest BCUT2D eigenvalue weighted by molar-refractivity contribution is 0.0686. The van der Waals surface area contributed by atoms with E-state index in [-0.39, 0.29) is 17.0 Å². The first-order chi connectivity index (χ1) is 16.2. The fourth-order valence-electron chi connectivity index (χ4n) is 4.91. The van der Waals surface area contributed by atoms with Gasteiger partial charge in [0.2, 0.25) is 0 Å². The largest absolute Gasteiger partial charge is 0.478 e. The second-order valence-electron chi connectivity index (χ2n) is 9.56. The Kier molecular flexibility index (Phi) is 7.93. The van der Waals surface area contributed by atoms with E-state index in [9.17, 15) is 19.8 Å². The van der Waals surface area contributed by atoms with Gasteiger partial charge in [0.25, 0.3) is 0 Å². The number of hydrogen-bond donors (Lipinski definition) is 2. The zero-order chi connectivity index (χ0) is 25.0. The molecule has 0 fully saturated rings. The molecule has 0 bridgehead atoms. The molecular formula is C30H34O4. The lowest BCUT2D eigenvalue weighted by atomic mass is 9.76. The molecule has 0 aliphatic heterocycles. The summed E-state index contributed by atoms with van der Waals surface area (Å²) in [6.07, 6.45) is 2.53. The van der Waals surface area contributed by atoms with E-state index in [2.05, 4.69) is 40.7 Å². The lowest BCUT2D eigenvalue weighted by Crippen LogP contribution is -2.11. The number of carboxylic acid groups (broad SMARTS) is 2. The molecule has 0 spiro atoms. The van der Waals surface area contributed by atoms with Gasteiger partial charge in [-0.1, -0.05) is 83.5 Å². The summed E-state index contributed by atoms with van der Waals surface area (Å²) in [6, 6.07) is 16.4. The van der Waals surface area contributed by atoms with Crippen molar-refractivity contribution in [1.29, 1.82) is 0 Å². The van der Waals surface area contributed by atoms with Crippen LogP contribution in [0.25, 0.3) is 22.3 Å². The second-order valence-corrected chi connectivity index (χ2v) is 9.56. The van der Waals surface area contributed by atoms with Crippen LogP contribution >= 0.6 is 0 Å². The summed E-state index contributed by atoms with van der Waals surface area (Å²) >= 11 is 0.